The minimum atomic E-state index is -0.384. The van der Waals surface area contributed by atoms with E-state index in [4.69, 9.17) is 0 Å². The Labute approximate surface area is 126 Å². The van der Waals surface area contributed by atoms with E-state index in [0.717, 1.165) is 5.56 Å². The van der Waals surface area contributed by atoms with Gasteiger partial charge < -0.3 is 4.74 Å². The largest absolute Gasteiger partial charge is 0.465 e. The fourth-order valence-corrected chi connectivity index (χ4v) is 3.26. The zero-order valence-corrected chi connectivity index (χ0v) is 12.7. The third-order valence-electron chi connectivity index (χ3n) is 2.75. The molecule has 0 N–H and O–H groups in total. The number of halogens is 2. The summed E-state index contributed by atoms with van der Waals surface area (Å²) >= 11 is 4.56. The van der Waals surface area contributed by atoms with Gasteiger partial charge in [0.25, 0.3) is 0 Å². The SMILES string of the molecule is COC(=O)c1cn2cc(-c3ccc(F)cc3Br)nc2s1. The van der Waals surface area contributed by atoms with Crippen molar-refractivity contribution < 1.29 is 13.9 Å². The number of hydrogen-bond donors (Lipinski definition) is 0. The fraction of sp³-hybridized carbons (Fsp3) is 0.0769. The second-order valence-electron chi connectivity index (χ2n) is 4.03. The molecule has 0 radical (unpaired) electrons. The van der Waals surface area contributed by atoms with Gasteiger partial charge in [0.05, 0.1) is 12.8 Å². The van der Waals surface area contributed by atoms with Gasteiger partial charge >= 0.3 is 5.97 Å². The lowest BCUT2D eigenvalue weighted by molar-refractivity contribution is 0.0606. The maximum atomic E-state index is 13.1. The number of esters is 1. The summed E-state index contributed by atoms with van der Waals surface area (Å²) in [6, 6.07) is 4.43. The molecule has 0 unspecified atom stereocenters. The summed E-state index contributed by atoms with van der Waals surface area (Å²) in [5, 5.41) is 0. The molecule has 0 atom stereocenters. The van der Waals surface area contributed by atoms with Crippen LogP contribution in [0.1, 0.15) is 9.67 Å². The molecule has 2 heterocycles. The smallest absolute Gasteiger partial charge is 0.349 e. The number of ether oxygens (including phenoxy) is 1. The predicted molar refractivity (Wildman–Crippen MR) is 77.5 cm³/mol. The Hall–Kier alpha value is -1.73. The van der Waals surface area contributed by atoms with E-state index in [9.17, 15) is 9.18 Å². The second-order valence-corrected chi connectivity index (χ2v) is 5.89. The standard InChI is InChI=1S/C13H8BrFN2O2S/c1-19-12(18)11-6-17-5-10(16-13(17)20-11)8-3-2-7(15)4-9(8)14/h2-6H,1H3. The molecular weight excluding hydrogens is 347 g/mol. The van der Waals surface area contributed by atoms with Gasteiger partial charge in [0.2, 0.25) is 0 Å². The molecule has 0 spiro atoms. The maximum Gasteiger partial charge on any atom is 0.349 e. The first-order valence-electron chi connectivity index (χ1n) is 5.61. The molecule has 3 rings (SSSR count). The van der Waals surface area contributed by atoms with Gasteiger partial charge in [-0.2, -0.15) is 0 Å². The van der Waals surface area contributed by atoms with Crippen LogP contribution in [0, 0.1) is 5.82 Å². The highest BCUT2D eigenvalue weighted by atomic mass is 79.9. The highest BCUT2D eigenvalue weighted by Gasteiger charge is 2.14. The van der Waals surface area contributed by atoms with Gasteiger partial charge in [0, 0.05) is 22.4 Å². The Balaban J connectivity index is 2.05. The van der Waals surface area contributed by atoms with Crippen LogP contribution in [0.15, 0.2) is 35.1 Å². The van der Waals surface area contributed by atoms with E-state index in [1.54, 1.807) is 22.9 Å². The average Bonchev–Trinajstić information content (AvgIpc) is 2.95. The molecule has 4 nitrogen and oxygen atoms in total. The van der Waals surface area contributed by atoms with Crippen molar-refractivity contribution in [1.29, 1.82) is 0 Å². The van der Waals surface area contributed by atoms with Gasteiger partial charge in [0.1, 0.15) is 10.7 Å². The summed E-state index contributed by atoms with van der Waals surface area (Å²) in [5.41, 5.74) is 1.50. The molecule has 7 heteroatoms. The van der Waals surface area contributed by atoms with Crippen LogP contribution in [-0.2, 0) is 4.74 Å². The maximum absolute atomic E-state index is 13.1. The summed E-state index contributed by atoms with van der Waals surface area (Å²) in [6.07, 6.45) is 3.45. The number of aromatic nitrogens is 2. The van der Waals surface area contributed by atoms with Gasteiger partial charge in [-0.05, 0) is 34.1 Å². The molecule has 0 saturated carbocycles. The number of hydrogen-bond acceptors (Lipinski definition) is 4. The summed E-state index contributed by atoms with van der Waals surface area (Å²) in [4.78, 5) is 17.0. The summed E-state index contributed by atoms with van der Waals surface area (Å²) in [7, 11) is 1.34. The Morgan fingerprint density at radius 3 is 2.90 bits per heavy atom. The molecule has 0 bridgehead atoms. The molecule has 2 aromatic heterocycles. The van der Waals surface area contributed by atoms with E-state index in [2.05, 4.69) is 25.7 Å². The Bertz CT molecular complexity index is 780. The number of imidazole rings is 1. The molecule has 0 fully saturated rings. The van der Waals surface area contributed by atoms with E-state index >= 15 is 0 Å². The normalized spacial score (nSPS) is 10.9. The molecule has 3 aromatic rings. The van der Waals surface area contributed by atoms with Crippen LogP contribution < -0.4 is 0 Å². The molecule has 0 aliphatic rings. The Kier molecular flexibility index (Phi) is 3.31. The summed E-state index contributed by atoms with van der Waals surface area (Å²) < 4.78 is 20.1. The van der Waals surface area contributed by atoms with Crippen LogP contribution >= 0.6 is 27.3 Å². The average molecular weight is 355 g/mol. The van der Waals surface area contributed by atoms with E-state index in [1.165, 1.54) is 30.6 Å². The highest BCUT2D eigenvalue weighted by molar-refractivity contribution is 9.10. The first kappa shape index (κ1) is 13.3. The fourth-order valence-electron chi connectivity index (χ4n) is 1.82. The number of benzene rings is 1. The number of carbonyl (C=O) groups excluding carboxylic acids is 1. The lowest BCUT2D eigenvalue weighted by Crippen LogP contribution is -1.97. The first-order chi connectivity index (χ1) is 9.58. The third-order valence-corrected chi connectivity index (χ3v) is 4.38. The van der Waals surface area contributed by atoms with E-state index < -0.39 is 0 Å². The number of thiazole rings is 1. The molecule has 0 aliphatic carbocycles. The first-order valence-corrected chi connectivity index (χ1v) is 7.21. The molecule has 0 saturated heterocycles. The number of rotatable bonds is 2. The lowest BCUT2D eigenvalue weighted by atomic mass is 10.2. The van der Waals surface area contributed by atoms with Crippen molar-refractivity contribution in [2.24, 2.45) is 0 Å². The molecule has 0 aliphatic heterocycles. The molecule has 1 aromatic carbocycles. The van der Waals surface area contributed by atoms with Crippen LogP contribution in [0.25, 0.3) is 16.2 Å². The van der Waals surface area contributed by atoms with Crippen molar-refractivity contribution in [2.45, 2.75) is 0 Å². The van der Waals surface area contributed by atoms with Crippen molar-refractivity contribution in [3.8, 4) is 11.3 Å². The molecular formula is C13H8BrFN2O2S. The van der Waals surface area contributed by atoms with Crippen molar-refractivity contribution in [2.75, 3.05) is 7.11 Å². The zero-order chi connectivity index (χ0) is 14.3. The van der Waals surface area contributed by atoms with Crippen molar-refractivity contribution in [1.82, 2.24) is 9.38 Å². The van der Waals surface area contributed by atoms with Gasteiger partial charge in [-0.15, -0.1) is 0 Å². The van der Waals surface area contributed by atoms with Gasteiger partial charge in [-0.1, -0.05) is 11.3 Å². The van der Waals surface area contributed by atoms with Crippen molar-refractivity contribution in [3.63, 3.8) is 0 Å². The molecule has 102 valence electrons. The number of methoxy groups -OCH3 is 1. The van der Waals surface area contributed by atoms with Crippen LogP contribution in [0.2, 0.25) is 0 Å². The number of fused-ring (bicyclic) bond motifs is 1. The monoisotopic (exact) mass is 354 g/mol. The molecule has 20 heavy (non-hydrogen) atoms. The van der Waals surface area contributed by atoms with Gasteiger partial charge in [0.15, 0.2) is 4.96 Å². The van der Waals surface area contributed by atoms with E-state index in [0.29, 0.717) is 20.0 Å². The van der Waals surface area contributed by atoms with Crippen LogP contribution in [0.3, 0.4) is 0 Å². The lowest BCUT2D eigenvalue weighted by Gasteiger charge is -2.00. The topological polar surface area (TPSA) is 43.6 Å². The summed E-state index contributed by atoms with van der Waals surface area (Å²) in [5.74, 6) is -0.695. The predicted octanol–water partition coefficient (Wildman–Crippen LogP) is 3.75. The van der Waals surface area contributed by atoms with Crippen LogP contribution in [0.4, 0.5) is 4.39 Å². The Morgan fingerprint density at radius 1 is 1.45 bits per heavy atom. The number of carbonyl (C=O) groups is 1. The van der Waals surface area contributed by atoms with Gasteiger partial charge in [-0.3, -0.25) is 4.40 Å². The second kappa shape index (κ2) is 4.99. The van der Waals surface area contributed by atoms with E-state index in [1.807, 2.05) is 0 Å². The quantitative estimate of drug-likeness (QED) is 0.658. The molecule has 0 amide bonds. The minimum absolute atomic E-state index is 0.311. The highest BCUT2D eigenvalue weighted by Crippen LogP contribution is 2.30. The third kappa shape index (κ3) is 2.23. The minimum Gasteiger partial charge on any atom is -0.465 e. The van der Waals surface area contributed by atoms with Gasteiger partial charge in [-0.25, -0.2) is 14.2 Å². The van der Waals surface area contributed by atoms with Crippen molar-refractivity contribution in [3.05, 3.63) is 45.8 Å². The van der Waals surface area contributed by atoms with Crippen molar-refractivity contribution >= 4 is 38.2 Å². The van der Waals surface area contributed by atoms with E-state index in [-0.39, 0.29) is 11.8 Å². The number of nitrogens with zero attached hydrogens (tertiary/aromatic N) is 2. The zero-order valence-electron chi connectivity index (χ0n) is 10.3. The van der Waals surface area contributed by atoms with Crippen LogP contribution in [0.5, 0.6) is 0 Å². The Morgan fingerprint density at radius 2 is 2.25 bits per heavy atom. The summed E-state index contributed by atoms with van der Waals surface area (Å²) in [6.45, 7) is 0. The van der Waals surface area contributed by atoms with Crippen LogP contribution in [-0.4, -0.2) is 22.5 Å².